The predicted molar refractivity (Wildman–Crippen MR) is 91.6 cm³/mol. The summed E-state index contributed by atoms with van der Waals surface area (Å²) in [6.07, 6.45) is -1.12. The van der Waals surface area contributed by atoms with E-state index in [0.717, 1.165) is 0 Å². The lowest BCUT2D eigenvalue weighted by molar-refractivity contribution is -0.149. The Hall–Kier alpha value is -1.88. The van der Waals surface area contributed by atoms with Gasteiger partial charge in [0.25, 0.3) is 0 Å². The van der Waals surface area contributed by atoms with Crippen molar-refractivity contribution in [2.75, 3.05) is 12.4 Å². The predicted octanol–water partition coefficient (Wildman–Crippen LogP) is 1.70. The van der Waals surface area contributed by atoms with Gasteiger partial charge in [0.2, 0.25) is 0 Å². The topological polar surface area (TPSA) is 90.9 Å². The molecule has 0 spiro atoms. The van der Waals surface area contributed by atoms with Crippen molar-refractivity contribution in [2.24, 2.45) is 0 Å². The SMILES string of the molecule is CCOC(=O)C#CC[C@H](C)OC(=O)[C@@H](CS)NC(=O)OC(C)(C)C. The number of nitrogens with one attached hydrogen (secondary N) is 1. The molecular weight excluding hydrogens is 334 g/mol. The number of carbonyl (C=O) groups is 3. The van der Waals surface area contributed by atoms with E-state index in [2.05, 4.69) is 34.5 Å². The van der Waals surface area contributed by atoms with Crippen LogP contribution in [0.4, 0.5) is 4.79 Å². The van der Waals surface area contributed by atoms with Crippen LogP contribution in [0.1, 0.15) is 41.0 Å². The Kier molecular flexibility index (Phi) is 9.97. The summed E-state index contributed by atoms with van der Waals surface area (Å²) < 4.78 is 14.9. The second-order valence-electron chi connectivity index (χ2n) is 5.86. The molecule has 8 heteroatoms. The Labute approximate surface area is 148 Å². The van der Waals surface area contributed by atoms with E-state index >= 15 is 0 Å². The molecule has 0 saturated heterocycles. The van der Waals surface area contributed by atoms with Gasteiger partial charge < -0.3 is 19.5 Å². The van der Waals surface area contributed by atoms with Gasteiger partial charge in [0, 0.05) is 18.1 Å². The molecule has 1 amide bonds. The monoisotopic (exact) mass is 359 g/mol. The second-order valence-corrected chi connectivity index (χ2v) is 6.22. The first-order chi connectivity index (χ1) is 11.1. The average Bonchev–Trinajstić information content (AvgIpc) is 2.42. The van der Waals surface area contributed by atoms with Crippen LogP contribution in [0, 0.1) is 11.8 Å². The molecule has 24 heavy (non-hydrogen) atoms. The Bertz CT molecular complexity index is 503. The van der Waals surface area contributed by atoms with Gasteiger partial charge >= 0.3 is 18.0 Å². The van der Waals surface area contributed by atoms with Gasteiger partial charge in [0.1, 0.15) is 17.7 Å². The third kappa shape index (κ3) is 10.8. The molecule has 0 aliphatic carbocycles. The molecule has 7 nitrogen and oxygen atoms in total. The van der Waals surface area contributed by atoms with Gasteiger partial charge in [-0.05, 0) is 34.6 Å². The fraction of sp³-hybridized carbons (Fsp3) is 0.688. The van der Waals surface area contributed by atoms with E-state index < -0.39 is 35.8 Å². The van der Waals surface area contributed by atoms with Gasteiger partial charge in [0.05, 0.1) is 6.61 Å². The van der Waals surface area contributed by atoms with Crippen LogP contribution in [0.2, 0.25) is 0 Å². The number of hydrogen-bond acceptors (Lipinski definition) is 7. The first kappa shape index (κ1) is 22.1. The summed E-state index contributed by atoms with van der Waals surface area (Å²) in [6.45, 7) is 8.69. The molecule has 2 atom stereocenters. The number of carbonyl (C=O) groups excluding carboxylic acids is 3. The van der Waals surface area contributed by atoms with Crippen molar-refractivity contribution in [3.63, 3.8) is 0 Å². The van der Waals surface area contributed by atoms with E-state index in [1.807, 2.05) is 0 Å². The van der Waals surface area contributed by atoms with E-state index in [1.54, 1.807) is 34.6 Å². The molecule has 0 fully saturated rings. The molecule has 0 heterocycles. The van der Waals surface area contributed by atoms with Crippen LogP contribution >= 0.6 is 12.6 Å². The minimum absolute atomic E-state index is 0.0549. The number of ether oxygens (including phenoxy) is 3. The van der Waals surface area contributed by atoms with E-state index in [0.29, 0.717) is 0 Å². The highest BCUT2D eigenvalue weighted by molar-refractivity contribution is 7.80. The van der Waals surface area contributed by atoms with Crippen LogP contribution in [-0.2, 0) is 23.8 Å². The van der Waals surface area contributed by atoms with E-state index in [4.69, 9.17) is 9.47 Å². The summed E-state index contributed by atoms with van der Waals surface area (Å²) in [7, 11) is 0. The maximum Gasteiger partial charge on any atom is 0.408 e. The van der Waals surface area contributed by atoms with Crippen molar-refractivity contribution in [2.45, 2.75) is 58.8 Å². The van der Waals surface area contributed by atoms with Crippen LogP contribution in [0.3, 0.4) is 0 Å². The maximum absolute atomic E-state index is 12.0. The van der Waals surface area contributed by atoms with Crippen molar-refractivity contribution in [1.82, 2.24) is 5.32 Å². The van der Waals surface area contributed by atoms with Gasteiger partial charge in [-0.15, -0.1) is 0 Å². The summed E-state index contributed by atoms with van der Waals surface area (Å²) in [6, 6.07) is -0.941. The lowest BCUT2D eigenvalue weighted by Gasteiger charge is -2.23. The fourth-order valence-corrected chi connectivity index (χ4v) is 1.63. The van der Waals surface area contributed by atoms with Crippen molar-refractivity contribution < 1.29 is 28.6 Å². The summed E-state index contributed by atoms with van der Waals surface area (Å²) in [5.74, 6) is 3.63. The molecule has 0 unspecified atom stereocenters. The summed E-state index contributed by atoms with van der Waals surface area (Å²) in [5, 5.41) is 2.40. The zero-order valence-electron chi connectivity index (χ0n) is 14.7. The summed E-state index contributed by atoms with van der Waals surface area (Å²) in [4.78, 5) is 34.7. The highest BCUT2D eigenvalue weighted by Gasteiger charge is 2.25. The molecule has 0 aromatic carbocycles. The van der Waals surface area contributed by atoms with Gasteiger partial charge in [0.15, 0.2) is 0 Å². The molecule has 1 N–H and O–H groups in total. The van der Waals surface area contributed by atoms with Gasteiger partial charge in [-0.3, -0.25) is 0 Å². The van der Waals surface area contributed by atoms with Crippen molar-refractivity contribution in [3.8, 4) is 11.8 Å². The van der Waals surface area contributed by atoms with Crippen molar-refractivity contribution >= 4 is 30.7 Å². The van der Waals surface area contributed by atoms with Crippen molar-refractivity contribution in [1.29, 1.82) is 0 Å². The second kappa shape index (κ2) is 10.8. The smallest absolute Gasteiger partial charge is 0.408 e. The van der Waals surface area contributed by atoms with Crippen LogP contribution < -0.4 is 5.32 Å². The standard InChI is InChI=1S/C16H25NO6S/c1-6-21-13(18)9-7-8-11(2)22-14(19)12(10-24)17-15(20)23-16(3,4)5/h11-12,24H,6,8,10H2,1-5H3,(H,17,20)/t11-,12+/m0/s1. The zero-order chi connectivity index (χ0) is 18.8. The lowest BCUT2D eigenvalue weighted by Crippen LogP contribution is -2.46. The van der Waals surface area contributed by atoms with E-state index in [-0.39, 0.29) is 18.8 Å². The number of amides is 1. The number of esters is 2. The van der Waals surface area contributed by atoms with E-state index in [1.165, 1.54) is 0 Å². The molecule has 0 rings (SSSR count). The molecule has 0 bridgehead atoms. The van der Waals surface area contributed by atoms with Crippen LogP contribution in [0.15, 0.2) is 0 Å². The molecule has 0 aliphatic rings. The van der Waals surface area contributed by atoms with Gasteiger partial charge in [-0.25, -0.2) is 14.4 Å². The Morgan fingerprint density at radius 1 is 1.25 bits per heavy atom. The first-order valence-corrected chi connectivity index (χ1v) is 8.18. The Morgan fingerprint density at radius 2 is 1.88 bits per heavy atom. The third-order valence-electron chi connectivity index (χ3n) is 2.33. The van der Waals surface area contributed by atoms with Crippen LogP contribution in [0.25, 0.3) is 0 Å². The summed E-state index contributed by atoms with van der Waals surface area (Å²) in [5.41, 5.74) is -0.675. The quantitative estimate of drug-likeness (QED) is 0.247. The number of alkyl carbamates (subject to hydrolysis) is 1. The highest BCUT2D eigenvalue weighted by Crippen LogP contribution is 2.08. The van der Waals surface area contributed by atoms with Gasteiger partial charge in [-0.1, -0.05) is 5.92 Å². The van der Waals surface area contributed by atoms with Crippen LogP contribution in [-0.4, -0.2) is 48.1 Å². The minimum atomic E-state index is -0.941. The first-order valence-electron chi connectivity index (χ1n) is 7.55. The van der Waals surface area contributed by atoms with Crippen LogP contribution in [0.5, 0.6) is 0 Å². The fourth-order valence-electron chi connectivity index (χ4n) is 1.39. The molecule has 0 aliphatic heterocycles. The highest BCUT2D eigenvalue weighted by atomic mass is 32.1. The molecule has 136 valence electrons. The van der Waals surface area contributed by atoms with Gasteiger partial charge in [-0.2, -0.15) is 12.6 Å². The zero-order valence-corrected chi connectivity index (χ0v) is 15.6. The molecule has 0 saturated carbocycles. The molecule has 0 aromatic rings. The maximum atomic E-state index is 12.0. The Balaban J connectivity index is 4.44. The number of thiol groups is 1. The van der Waals surface area contributed by atoms with E-state index in [9.17, 15) is 14.4 Å². The number of hydrogen-bond donors (Lipinski definition) is 2. The number of rotatable bonds is 6. The molecule has 0 radical (unpaired) electrons. The lowest BCUT2D eigenvalue weighted by atomic mass is 10.2. The third-order valence-corrected chi connectivity index (χ3v) is 2.70. The van der Waals surface area contributed by atoms with Crippen molar-refractivity contribution in [3.05, 3.63) is 0 Å². The Morgan fingerprint density at radius 3 is 2.38 bits per heavy atom. The molecule has 0 aromatic heterocycles. The normalized spacial score (nSPS) is 12.9. The average molecular weight is 359 g/mol. The molecular formula is C16H25NO6S. The minimum Gasteiger partial charge on any atom is -0.460 e. The summed E-state index contributed by atoms with van der Waals surface area (Å²) >= 11 is 4.02. The largest absolute Gasteiger partial charge is 0.460 e.